The molecule has 0 saturated carbocycles. The van der Waals surface area contributed by atoms with Crippen molar-refractivity contribution in [2.45, 2.75) is 24.8 Å². The van der Waals surface area contributed by atoms with Gasteiger partial charge in [0.2, 0.25) is 11.0 Å². The summed E-state index contributed by atoms with van der Waals surface area (Å²) in [5.41, 5.74) is 4.38. The van der Waals surface area contributed by atoms with Crippen molar-refractivity contribution < 1.29 is 14.6 Å². The number of nitrogens with zero attached hydrogens (tertiary/aromatic N) is 5. The van der Waals surface area contributed by atoms with Gasteiger partial charge in [0.15, 0.2) is 0 Å². The van der Waals surface area contributed by atoms with Crippen LogP contribution in [-0.4, -0.2) is 60.2 Å². The first-order valence-corrected chi connectivity index (χ1v) is 14.2. The standard InChI is InChI=1S/C24H25ClN6O3S2.H2/c1-16-13-18-14-19(25)3-8-22(18)31(16)17(2)23(32)30-11-9-29(10-12-30)20-4-6-21(7-5-20)36(33,34)28-24-27-26-15-35-24;/h3-8,13-15,17H,9-12H2,1-2H3,(H,27,28);1H. The number of amides is 1. The Labute approximate surface area is 219 Å². The number of carbonyl (C=O) groups excluding carboxylic acids is 1. The molecule has 0 aliphatic carbocycles. The molecular weight excluding hydrogens is 520 g/mol. The number of benzene rings is 2. The third-order valence-corrected chi connectivity index (χ3v) is 8.75. The minimum atomic E-state index is -3.73. The molecule has 12 heteroatoms. The van der Waals surface area contributed by atoms with E-state index in [0.29, 0.717) is 31.2 Å². The van der Waals surface area contributed by atoms with E-state index in [1.54, 1.807) is 24.3 Å². The van der Waals surface area contributed by atoms with Gasteiger partial charge in [0.1, 0.15) is 11.6 Å². The largest absolute Gasteiger partial charge is 0.368 e. The number of rotatable bonds is 6. The van der Waals surface area contributed by atoms with Gasteiger partial charge in [-0.1, -0.05) is 22.9 Å². The summed E-state index contributed by atoms with van der Waals surface area (Å²) in [5.74, 6) is 0.0781. The average molecular weight is 547 g/mol. The van der Waals surface area contributed by atoms with E-state index in [-0.39, 0.29) is 23.4 Å². The lowest BCUT2D eigenvalue weighted by molar-refractivity contribution is -0.134. The molecule has 1 fully saturated rings. The number of sulfonamides is 1. The Bertz CT molecular complexity index is 1500. The number of halogens is 1. The molecule has 36 heavy (non-hydrogen) atoms. The molecule has 190 valence electrons. The average Bonchev–Trinajstić information content (AvgIpc) is 3.49. The van der Waals surface area contributed by atoms with E-state index in [1.807, 2.05) is 36.9 Å². The van der Waals surface area contributed by atoms with Gasteiger partial charge in [0.25, 0.3) is 10.0 Å². The van der Waals surface area contributed by atoms with Crippen LogP contribution in [0.1, 0.15) is 20.1 Å². The summed E-state index contributed by atoms with van der Waals surface area (Å²) in [6.45, 7) is 6.44. The molecule has 0 spiro atoms. The van der Waals surface area contributed by atoms with Crippen molar-refractivity contribution in [1.29, 1.82) is 0 Å². The van der Waals surface area contributed by atoms with E-state index in [9.17, 15) is 13.2 Å². The zero-order valence-corrected chi connectivity index (χ0v) is 22.1. The zero-order valence-electron chi connectivity index (χ0n) is 19.8. The minimum Gasteiger partial charge on any atom is -0.368 e. The van der Waals surface area contributed by atoms with Gasteiger partial charge in [0, 0.05) is 54.9 Å². The molecule has 1 unspecified atom stereocenters. The number of nitrogens with one attached hydrogen (secondary N) is 1. The normalized spacial score (nSPS) is 15.3. The summed E-state index contributed by atoms with van der Waals surface area (Å²) < 4.78 is 29.6. The number of hydrogen-bond acceptors (Lipinski definition) is 7. The maximum Gasteiger partial charge on any atom is 0.263 e. The van der Waals surface area contributed by atoms with Gasteiger partial charge in [-0.15, -0.1) is 10.2 Å². The molecule has 1 aliphatic heterocycles. The molecule has 0 radical (unpaired) electrons. The number of piperazine rings is 1. The second-order valence-electron chi connectivity index (χ2n) is 8.69. The molecule has 1 aliphatic rings. The second kappa shape index (κ2) is 9.72. The SMILES string of the molecule is Cc1cc2cc(Cl)ccc2n1C(C)C(=O)N1CCN(c2ccc(S(=O)(=O)Nc3nncs3)cc2)CC1.[HH]. The van der Waals surface area contributed by atoms with Gasteiger partial charge < -0.3 is 14.4 Å². The van der Waals surface area contributed by atoms with Crippen molar-refractivity contribution in [2.24, 2.45) is 0 Å². The smallest absolute Gasteiger partial charge is 0.263 e. The fraction of sp³-hybridized carbons (Fsp3) is 0.292. The Hall–Kier alpha value is -3.15. The topological polar surface area (TPSA) is 100 Å². The van der Waals surface area contributed by atoms with Crippen LogP contribution < -0.4 is 9.62 Å². The molecule has 5 rings (SSSR count). The van der Waals surface area contributed by atoms with Crippen LogP contribution >= 0.6 is 22.9 Å². The van der Waals surface area contributed by atoms with Crippen LogP contribution in [-0.2, 0) is 14.8 Å². The maximum absolute atomic E-state index is 13.4. The predicted molar refractivity (Wildman–Crippen MR) is 144 cm³/mol. The summed E-state index contributed by atoms with van der Waals surface area (Å²) >= 11 is 7.26. The van der Waals surface area contributed by atoms with Crippen molar-refractivity contribution in [2.75, 3.05) is 35.8 Å². The van der Waals surface area contributed by atoms with E-state index >= 15 is 0 Å². The van der Waals surface area contributed by atoms with Crippen molar-refractivity contribution in [3.8, 4) is 0 Å². The first-order valence-electron chi connectivity index (χ1n) is 11.4. The van der Waals surface area contributed by atoms with Crippen molar-refractivity contribution >= 4 is 60.6 Å². The molecule has 1 N–H and O–H groups in total. The summed E-state index contributed by atoms with van der Waals surface area (Å²) in [4.78, 5) is 17.6. The lowest BCUT2D eigenvalue weighted by atomic mass is 10.2. The number of fused-ring (bicyclic) bond motifs is 1. The van der Waals surface area contributed by atoms with Crippen LogP contribution in [0.15, 0.2) is 58.9 Å². The molecule has 1 atom stereocenters. The van der Waals surface area contributed by atoms with Crippen molar-refractivity contribution in [3.63, 3.8) is 0 Å². The molecule has 1 amide bonds. The number of carbonyl (C=O) groups is 1. The van der Waals surface area contributed by atoms with E-state index in [2.05, 4.69) is 30.5 Å². The quantitative estimate of drug-likeness (QED) is 0.384. The number of anilines is 2. The molecule has 4 aromatic rings. The maximum atomic E-state index is 13.4. The molecule has 9 nitrogen and oxygen atoms in total. The van der Waals surface area contributed by atoms with E-state index < -0.39 is 10.0 Å². The molecule has 1 saturated heterocycles. The Morgan fingerprint density at radius 3 is 2.50 bits per heavy atom. The van der Waals surface area contributed by atoms with Gasteiger partial charge >= 0.3 is 0 Å². The summed E-state index contributed by atoms with van der Waals surface area (Å²) in [6, 6.07) is 14.2. The third kappa shape index (κ3) is 4.78. The Kier molecular flexibility index (Phi) is 6.62. The fourth-order valence-corrected chi connectivity index (χ4v) is 6.52. The van der Waals surface area contributed by atoms with Gasteiger partial charge in [0.05, 0.1) is 4.90 Å². The highest BCUT2D eigenvalue weighted by Gasteiger charge is 2.27. The van der Waals surface area contributed by atoms with Crippen LogP contribution in [0.4, 0.5) is 10.8 Å². The lowest BCUT2D eigenvalue weighted by Crippen LogP contribution is -2.50. The zero-order chi connectivity index (χ0) is 25.4. The monoisotopic (exact) mass is 546 g/mol. The lowest BCUT2D eigenvalue weighted by Gasteiger charge is -2.37. The predicted octanol–water partition coefficient (Wildman–Crippen LogP) is 4.41. The summed E-state index contributed by atoms with van der Waals surface area (Å²) in [7, 11) is -3.73. The highest BCUT2D eigenvalue weighted by atomic mass is 35.5. The number of hydrogen-bond donors (Lipinski definition) is 1. The Morgan fingerprint density at radius 2 is 1.83 bits per heavy atom. The van der Waals surface area contributed by atoms with Crippen LogP contribution in [0.25, 0.3) is 10.9 Å². The van der Waals surface area contributed by atoms with Crippen LogP contribution in [0.2, 0.25) is 5.02 Å². The van der Waals surface area contributed by atoms with E-state index in [1.165, 1.54) is 5.51 Å². The third-order valence-electron chi connectivity index (χ3n) is 6.42. The van der Waals surface area contributed by atoms with Crippen LogP contribution in [0, 0.1) is 6.92 Å². The van der Waals surface area contributed by atoms with E-state index in [4.69, 9.17) is 11.6 Å². The first kappa shape index (κ1) is 24.5. The second-order valence-corrected chi connectivity index (χ2v) is 11.6. The van der Waals surface area contributed by atoms with Crippen LogP contribution in [0.3, 0.4) is 0 Å². The van der Waals surface area contributed by atoms with Crippen LogP contribution in [0.5, 0.6) is 0 Å². The van der Waals surface area contributed by atoms with Gasteiger partial charge in [-0.25, -0.2) is 8.42 Å². The number of aromatic nitrogens is 3. The van der Waals surface area contributed by atoms with Gasteiger partial charge in [-0.2, -0.15) is 0 Å². The number of aryl methyl sites for hydroxylation is 1. The molecular formula is C24H27ClN6O3S2. The van der Waals surface area contributed by atoms with Crippen molar-refractivity contribution in [3.05, 3.63) is 64.8 Å². The fourth-order valence-electron chi connectivity index (χ4n) is 4.65. The molecule has 2 aromatic carbocycles. The molecule has 2 aromatic heterocycles. The molecule has 0 bridgehead atoms. The minimum absolute atomic E-state index is 0. The first-order chi connectivity index (χ1) is 17.2. The van der Waals surface area contributed by atoms with E-state index in [0.717, 1.165) is 33.6 Å². The van der Waals surface area contributed by atoms with Gasteiger partial charge in [-0.3, -0.25) is 9.52 Å². The van der Waals surface area contributed by atoms with Crippen molar-refractivity contribution in [1.82, 2.24) is 19.7 Å². The highest BCUT2D eigenvalue weighted by Crippen LogP contribution is 2.28. The Balaban J connectivity index is 0.00000320. The van der Waals surface area contributed by atoms with Gasteiger partial charge in [-0.05, 0) is 62.4 Å². The Morgan fingerprint density at radius 1 is 1.11 bits per heavy atom. The molecule has 3 heterocycles. The summed E-state index contributed by atoms with van der Waals surface area (Å²) in [6.07, 6.45) is 0. The highest BCUT2D eigenvalue weighted by molar-refractivity contribution is 7.93. The summed E-state index contributed by atoms with van der Waals surface area (Å²) in [5, 5.41) is 9.28.